The zero-order valence-electron chi connectivity index (χ0n) is 23.3. The molecular weight excluding hydrogens is 721 g/mol. The average Bonchev–Trinajstić information content (AvgIpc) is 2.84. The number of aromatic hydroxyl groups is 1. The summed E-state index contributed by atoms with van der Waals surface area (Å²) in [7, 11) is -15.2. The van der Waals surface area contributed by atoms with Gasteiger partial charge in [-0.25, -0.2) is 0 Å². The molecule has 1 aromatic heterocycles. The number of nitrogens with zero attached hydrogens (tertiary/aromatic N) is 4. The monoisotopic (exact) mass is 734 g/mol. The molecule has 24 heteroatoms. The molecule has 0 bridgehead atoms. The van der Waals surface area contributed by atoms with E-state index >= 15 is 0 Å². The average molecular weight is 735 g/mol. The van der Waals surface area contributed by atoms with Gasteiger partial charge < -0.3 is 10.4 Å². The van der Waals surface area contributed by atoms with Crippen molar-refractivity contribution in [2.45, 2.75) is 21.6 Å². The third kappa shape index (κ3) is 9.59. The van der Waals surface area contributed by atoms with Gasteiger partial charge in [-0.15, -0.1) is 10.2 Å². The van der Waals surface area contributed by atoms with Crippen molar-refractivity contribution in [2.24, 2.45) is 10.2 Å². The Morgan fingerprint density at radius 2 is 1.38 bits per heavy atom. The molecule has 4 aromatic rings. The third-order valence-electron chi connectivity index (χ3n) is 5.45. The van der Waals surface area contributed by atoms with Crippen LogP contribution in [0.25, 0.3) is 10.8 Å². The van der Waals surface area contributed by atoms with Gasteiger partial charge in [0, 0.05) is 99.7 Å². The summed E-state index contributed by atoms with van der Waals surface area (Å²) in [6, 6.07) is 5.53. The Labute approximate surface area is 325 Å². The van der Waals surface area contributed by atoms with Gasteiger partial charge in [-0.1, -0.05) is 11.6 Å². The first-order chi connectivity index (χ1) is 19.3. The first kappa shape index (κ1) is 42.1. The van der Waals surface area contributed by atoms with Gasteiger partial charge in [0.05, 0.1) is 4.90 Å². The van der Waals surface area contributed by atoms with E-state index in [4.69, 9.17) is 11.6 Å². The Hall–Kier alpha value is -0.920. The zero-order valence-corrected chi connectivity index (χ0v) is 32.6. The number of rotatable bonds is 7. The number of nitrogens with one attached hydrogen (secondary N) is 1. The molecule has 5 N–H and O–H groups in total. The van der Waals surface area contributed by atoms with Crippen LogP contribution in [-0.4, -0.2) is 143 Å². The van der Waals surface area contributed by atoms with Crippen molar-refractivity contribution in [2.75, 3.05) is 5.32 Å². The molecule has 15 nitrogen and oxygen atoms in total. The molecule has 225 valence electrons. The van der Waals surface area contributed by atoms with Crippen molar-refractivity contribution < 1.29 is 52.8 Å². The fourth-order valence-corrected chi connectivity index (χ4v) is 5.86. The maximum atomic E-state index is 13.7. The SMILES string of the molecule is Cc1cc(S(=O)(=O)O)c(N=Nc2c(S(=O)(=O)O)cc3cc(Nc4nc(F)nc(F)c4Cl)ccc3c2O)cc1S(=O)(=O)O.[Na].[Na].[Na]. The Morgan fingerprint density at radius 1 is 0.800 bits per heavy atom. The predicted molar refractivity (Wildman–Crippen MR) is 158 cm³/mol. The van der Waals surface area contributed by atoms with E-state index in [2.05, 4.69) is 25.5 Å². The molecule has 0 amide bonds. The van der Waals surface area contributed by atoms with Gasteiger partial charge in [0.25, 0.3) is 30.4 Å². The Balaban J connectivity index is 0.00000337. The maximum absolute atomic E-state index is 13.7. The molecule has 0 aliphatic rings. The van der Waals surface area contributed by atoms with Crippen molar-refractivity contribution >= 4 is 164 Å². The van der Waals surface area contributed by atoms with E-state index in [1.54, 1.807) is 0 Å². The normalized spacial score (nSPS) is 11.9. The van der Waals surface area contributed by atoms with Crippen LogP contribution in [0, 0.1) is 18.9 Å². The smallest absolute Gasteiger partial charge is 0.313 e. The van der Waals surface area contributed by atoms with Crippen LogP contribution in [0.15, 0.2) is 61.3 Å². The number of phenols is 1. The topological polar surface area (TPSA) is 246 Å². The van der Waals surface area contributed by atoms with E-state index < -0.39 is 85.0 Å². The van der Waals surface area contributed by atoms with Gasteiger partial charge in [-0.05, 0) is 54.3 Å². The molecule has 0 saturated heterocycles. The van der Waals surface area contributed by atoms with Gasteiger partial charge in [0.15, 0.2) is 11.6 Å². The van der Waals surface area contributed by atoms with Crippen LogP contribution >= 0.6 is 11.6 Å². The second-order valence-corrected chi connectivity index (χ2v) is 12.8. The van der Waals surface area contributed by atoms with Crippen molar-refractivity contribution in [1.29, 1.82) is 0 Å². The van der Waals surface area contributed by atoms with Gasteiger partial charge in [-0.2, -0.15) is 44.0 Å². The molecule has 45 heavy (non-hydrogen) atoms. The number of aryl methyl sites for hydroxylation is 1. The van der Waals surface area contributed by atoms with Crippen molar-refractivity contribution in [1.82, 2.24) is 9.97 Å². The van der Waals surface area contributed by atoms with Crippen molar-refractivity contribution in [3.8, 4) is 5.75 Å². The van der Waals surface area contributed by atoms with Crippen molar-refractivity contribution in [3.05, 3.63) is 59.0 Å². The Morgan fingerprint density at radius 3 is 1.93 bits per heavy atom. The van der Waals surface area contributed by atoms with Crippen LogP contribution in [0.4, 0.5) is 31.7 Å². The summed E-state index contributed by atoms with van der Waals surface area (Å²) >= 11 is 5.73. The quantitative estimate of drug-likeness (QED) is 0.0602. The summed E-state index contributed by atoms with van der Waals surface area (Å²) < 4.78 is 127. The number of hydrogen-bond donors (Lipinski definition) is 5. The van der Waals surface area contributed by atoms with Gasteiger partial charge in [-0.3, -0.25) is 13.7 Å². The molecule has 0 spiro atoms. The number of anilines is 2. The molecule has 4 rings (SSSR count). The Kier molecular flexibility index (Phi) is 14.5. The standard InChI is InChI=1S/C21H14ClF2N5O10S3.3Na/c1-8-4-14(41(34,35)36)12(7-13(8)40(31,32)33)28-29-17-15(42(37,38)39)6-9-5-10(2-3-11(9)18(17)30)25-20-16(22)19(23)26-21(24)27-20;;;/h2-7,30H,1H3,(H,25,26,27)(H,31,32,33)(H,34,35,36)(H,37,38,39);;;. The number of phenolic OH excluding ortho intramolecular Hbond substituents is 1. The van der Waals surface area contributed by atoms with Crippen molar-refractivity contribution in [3.63, 3.8) is 0 Å². The summed E-state index contributed by atoms with van der Waals surface area (Å²) in [6.45, 7) is 1.10. The van der Waals surface area contributed by atoms with E-state index in [0.717, 1.165) is 19.1 Å². The second-order valence-electron chi connectivity index (χ2n) is 8.29. The summed E-state index contributed by atoms with van der Waals surface area (Å²) in [5, 5.41) is 19.4. The summed E-state index contributed by atoms with van der Waals surface area (Å²) in [5.74, 6) is -2.80. The van der Waals surface area contributed by atoms with Crippen LogP contribution < -0.4 is 5.32 Å². The fraction of sp³-hybridized carbons (Fsp3) is 0.0476. The second kappa shape index (κ2) is 15.5. The molecule has 0 unspecified atom stereocenters. The number of benzene rings is 3. The van der Waals surface area contributed by atoms with Crippen LogP contribution in [0.1, 0.15) is 5.56 Å². The van der Waals surface area contributed by atoms with Crippen LogP contribution in [0.3, 0.4) is 0 Å². The zero-order chi connectivity index (χ0) is 31.4. The van der Waals surface area contributed by atoms with E-state index in [1.165, 1.54) is 12.1 Å². The molecule has 3 aromatic carbocycles. The number of azo groups is 1. The summed E-state index contributed by atoms with van der Waals surface area (Å²) in [5.41, 5.74) is -2.12. The largest absolute Gasteiger partial charge is 0.505 e. The molecule has 0 aliphatic carbocycles. The van der Waals surface area contributed by atoms with E-state index in [0.29, 0.717) is 12.1 Å². The first-order valence-corrected chi connectivity index (χ1v) is 15.4. The first-order valence-electron chi connectivity index (χ1n) is 10.7. The molecule has 0 aliphatic heterocycles. The van der Waals surface area contributed by atoms with Gasteiger partial charge in [0.1, 0.15) is 26.2 Å². The minimum absolute atomic E-state index is 0. The molecule has 3 radical (unpaired) electrons. The minimum atomic E-state index is -5.20. The number of halogens is 3. The maximum Gasteiger partial charge on any atom is 0.313 e. The van der Waals surface area contributed by atoms with Crippen LogP contribution in [0.5, 0.6) is 5.75 Å². The predicted octanol–water partition coefficient (Wildman–Crippen LogP) is 3.33. The summed E-state index contributed by atoms with van der Waals surface area (Å²) in [4.78, 5) is 3.24. The number of fused-ring (bicyclic) bond motifs is 1. The summed E-state index contributed by atoms with van der Waals surface area (Å²) in [6.07, 6.45) is -1.45. The fourth-order valence-electron chi connectivity index (χ4n) is 3.65. The molecule has 0 saturated carbocycles. The number of aromatic nitrogens is 2. The van der Waals surface area contributed by atoms with Gasteiger partial charge >= 0.3 is 6.08 Å². The molecule has 0 atom stereocenters. The molecule has 1 heterocycles. The van der Waals surface area contributed by atoms with E-state index in [-0.39, 0.29) is 111 Å². The Bertz CT molecular complexity index is 2180. The van der Waals surface area contributed by atoms with E-state index in [9.17, 15) is 52.8 Å². The van der Waals surface area contributed by atoms with Crippen LogP contribution in [0.2, 0.25) is 5.02 Å². The molecular formula is C21H14ClF2N5Na3O10S3. The molecule has 0 fully saturated rings. The van der Waals surface area contributed by atoms with Crippen LogP contribution in [-0.2, 0) is 30.4 Å². The number of hydrogen-bond acceptors (Lipinski definition) is 12. The van der Waals surface area contributed by atoms with Gasteiger partial charge in [0.2, 0.25) is 5.95 Å². The minimum Gasteiger partial charge on any atom is -0.505 e. The van der Waals surface area contributed by atoms with E-state index in [1.807, 2.05) is 0 Å². The third-order valence-corrected chi connectivity index (χ3v) is 8.53.